The molecule has 4 heteroatoms. The van der Waals surface area contributed by atoms with Gasteiger partial charge in [-0.2, -0.15) is 0 Å². The number of Topliss-reactive ketones (excluding diaryl/α,β-unsaturated/α-hetero) is 1. The van der Waals surface area contributed by atoms with Crippen molar-refractivity contribution >= 4 is 17.6 Å². The minimum Gasteiger partial charge on any atom is -0.298 e. The molecule has 2 amide bonds. The van der Waals surface area contributed by atoms with Crippen molar-refractivity contribution in [3.63, 3.8) is 0 Å². The Morgan fingerprint density at radius 2 is 1.94 bits per heavy atom. The highest BCUT2D eigenvalue weighted by Crippen LogP contribution is 2.20. The van der Waals surface area contributed by atoms with Gasteiger partial charge in [0, 0.05) is 6.42 Å². The largest absolute Gasteiger partial charge is 0.298 e. The van der Waals surface area contributed by atoms with E-state index in [4.69, 9.17) is 0 Å². The number of carbonyl (C=O) groups excluding carboxylic acids is 3. The van der Waals surface area contributed by atoms with Gasteiger partial charge in [0.05, 0.1) is 12.5 Å². The topological polar surface area (TPSA) is 54.5 Å². The third-order valence-electron chi connectivity index (χ3n) is 3.15. The molecule has 1 heterocycles. The molecule has 1 fully saturated rings. The van der Waals surface area contributed by atoms with Crippen LogP contribution in [0.4, 0.5) is 0 Å². The minimum atomic E-state index is -0.561. The van der Waals surface area contributed by atoms with Gasteiger partial charge in [-0.25, -0.2) is 0 Å². The third-order valence-corrected chi connectivity index (χ3v) is 3.15. The Bertz CT molecular complexity index is 481. The van der Waals surface area contributed by atoms with Gasteiger partial charge in [-0.05, 0) is 18.9 Å². The zero-order valence-electron chi connectivity index (χ0n) is 10.3. The molecule has 0 aliphatic carbocycles. The van der Waals surface area contributed by atoms with E-state index in [9.17, 15) is 14.4 Å². The molecule has 0 aromatic heterocycles. The predicted octanol–water partition coefficient (Wildman–Crippen LogP) is 1.34. The number of carbonyl (C=O) groups is 3. The van der Waals surface area contributed by atoms with Gasteiger partial charge in [0.15, 0.2) is 5.78 Å². The normalized spacial score (nSPS) is 19.1. The second kappa shape index (κ2) is 5.12. The summed E-state index contributed by atoms with van der Waals surface area (Å²) in [5, 5.41) is 0. The van der Waals surface area contributed by atoms with Crippen LogP contribution in [0.25, 0.3) is 0 Å². The van der Waals surface area contributed by atoms with Crippen molar-refractivity contribution in [1.29, 1.82) is 0 Å². The summed E-state index contributed by atoms with van der Waals surface area (Å²) in [6.07, 6.45) is 0.899. The van der Waals surface area contributed by atoms with Crippen molar-refractivity contribution < 1.29 is 14.4 Å². The van der Waals surface area contributed by atoms with E-state index < -0.39 is 6.04 Å². The molecule has 1 aliphatic heterocycles. The van der Waals surface area contributed by atoms with Crippen molar-refractivity contribution in [2.24, 2.45) is 0 Å². The second-order valence-corrected chi connectivity index (χ2v) is 4.48. The Morgan fingerprint density at radius 3 is 2.56 bits per heavy atom. The molecule has 1 aliphatic rings. The van der Waals surface area contributed by atoms with Crippen LogP contribution < -0.4 is 0 Å². The van der Waals surface area contributed by atoms with Crippen LogP contribution in [0, 0.1) is 0 Å². The highest BCUT2D eigenvalue weighted by molar-refractivity contribution is 6.03. The first-order valence-electron chi connectivity index (χ1n) is 5.99. The Morgan fingerprint density at radius 1 is 1.28 bits per heavy atom. The molecule has 0 N–H and O–H groups in total. The number of ketones is 1. The van der Waals surface area contributed by atoms with Gasteiger partial charge in [0.1, 0.15) is 0 Å². The molecule has 94 valence electrons. The molecule has 0 unspecified atom stereocenters. The van der Waals surface area contributed by atoms with Crippen LogP contribution >= 0.6 is 0 Å². The van der Waals surface area contributed by atoms with Gasteiger partial charge < -0.3 is 0 Å². The van der Waals surface area contributed by atoms with Crippen LogP contribution in [0.1, 0.15) is 25.3 Å². The van der Waals surface area contributed by atoms with Crippen LogP contribution in [0.3, 0.4) is 0 Å². The highest BCUT2D eigenvalue weighted by Gasteiger charge is 2.37. The first-order chi connectivity index (χ1) is 8.59. The van der Waals surface area contributed by atoms with Gasteiger partial charge in [0.2, 0.25) is 11.8 Å². The molecule has 2 rings (SSSR count). The maximum atomic E-state index is 12.1. The number of benzene rings is 1. The monoisotopic (exact) mass is 245 g/mol. The number of hydrogen-bond donors (Lipinski definition) is 0. The number of likely N-dealkylation sites (tertiary alicyclic amines) is 1. The average molecular weight is 245 g/mol. The van der Waals surface area contributed by atoms with E-state index in [1.165, 1.54) is 6.92 Å². The summed E-state index contributed by atoms with van der Waals surface area (Å²) in [5.41, 5.74) is 0.851. The summed E-state index contributed by atoms with van der Waals surface area (Å²) in [7, 11) is 0. The molecule has 0 radical (unpaired) electrons. The first-order valence-corrected chi connectivity index (χ1v) is 5.99. The average Bonchev–Trinajstić information content (AvgIpc) is 2.72. The lowest BCUT2D eigenvalue weighted by molar-refractivity contribution is -0.146. The highest BCUT2D eigenvalue weighted by atomic mass is 16.2. The standard InChI is InChI=1S/C14H15NO3/c1-10(16)12-7-8-13(17)15(12)14(18)9-11-5-3-2-4-6-11/h2-6,12H,7-9H2,1H3/t12-/m0/s1. The van der Waals surface area contributed by atoms with E-state index in [1.807, 2.05) is 30.3 Å². The molecule has 1 atom stereocenters. The fourth-order valence-corrected chi connectivity index (χ4v) is 2.24. The fourth-order valence-electron chi connectivity index (χ4n) is 2.24. The Balaban J connectivity index is 2.12. The molecule has 1 aromatic rings. The van der Waals surface area contributed by atoms with Crippen molar-refractivity contribution in [1.82, 2.24) is 4.90 Å². The van der Waals surface area contributed by atoms with Crippen molar-refractivity contribution in [2.45, 2.75) is 32.2 Å². The molecule has 4 nitrogen and oxygen atoms in total. The second-order valence-electron chi connectivity index (χ2n) is 4.48. The number of hydrogen-bond acceptors (Lipinski definition) is 3. The lowest BCUT2D eigenvalue weighted by atomic mass is 10.1. The maximum Gasteiger partial charge on any atom is 0.234 e. The van der Waals surface area contributed by atoms with Crippen LogP contribution in [-0.2, 0) is 20.8 Å². The van der Waals surface area contributed by atoms with Gasteiger partial charge in [-0.1, -0.05) is 30.3 Å². The summed E-state index contributed by atoms with van der Waals surface area (Å²) < 4.78 is 0. The SMILES string of the molecule is CC(=O)[C@@H]1CCC(=O)N1C(=O)Cc1ccccc1. The Hall–Kier alpha value is -1.97. The van der Waals surface area contributed by atoms with E-state index in [-0.39, 0.29) is 30.4 Å². The van der Waals surface area contributed by atoms with Gasteiger partial charge in [-0.3, -0.25) is 19.3 Å². The summed E-state index contributed by atoms with van der Waals surface area (Å²) in [4.78, 5) is 36.3. The fraction of sp³-hybridized carbons (Fsp3) is 0.357. The molecular weight excluding hydrogens is 230 g/mol. The van der Waals surface area contributed by atoms with E-state index >= 15 is 0 Å². The van der Waals surface area contributed by atoms with Gasteiger partial charge in [0.25, 0.3) is 0 Å². The van der Waals surface area contributed by atoms with Crippen molar-refractivity contribution in [3.8, 4) is 0 Å². The van der Waals surface area contributed by atoms with Gasteiger partial charge in [-0.15, -0.1) is 0 Å². The van der Waals surface area contributed by atoms with Crippen LogP contribution in [0.2, 0.25) is 0 Å². The summed E-state index contributed by atoms with van der Waals surface area (Å²) >= 11 is 0. The molecule has 0 bridgehead atoms. The molecule has 18 heavy (non-hydrogen) atoms. The zero-order valence-corrected chi connectivity index (χ0v) is 10.3. The number of rotatable bonds is 3. The number of imide groups is 1. The van der Waals surface area contributed by atoms with Crippen LogP contribution in [0.5, 0.6) is 0 Å². The van der Waals surface area contributed by atoms with Crippen molar-refractivity contribution in [3.05, 3.63) is 35.9 Å². The van der Waals surface area contributed by atoms with E-state index in [0.717, 1.165) is 10.5 Å². The van der Waals surface area contributed by atoms with Crippen LogP contribution in [-0.4, -0.2) is 28.5 Å². The van der Waals surface area contributed by atoms with Crippen LogP contribution in [0.15, 0.2) is 30.3 Å². The molecule has 1 aromatic carbocycles. The smallest absolute Gasteiger partial charge is 0.234 e. The zero-order chi connectivity index (χ0) is 13.1. The molecule has 1 saturated heterocycles. The number of nitrogens with zero attached hydrogens (tertiary/aromatic N) is 1. The molecule has 0 saturated carbocycles. The third kappa shape index (κ3) is 2.47. The summed E-state index contributed by atoms with van der Waals surface area (Å²) in [5.74, 6) is -0.651. The number of amides is 2. The van der Waals surface area contributed by atoms with E-state index in [0.29, 0.717) is 6.42 Å². The van der Waals surface area contributed by atoms with Gasteiger partial charge >= 0.3 is 0 Å². The lowest BCUT2D eigenvalue weighted by Gasteiger charge is -2.20. The Labute approximate surface area is 106 Å². The Kier molecular flexibility index (Phi) is 3.55. The summed E-state index contributed by atoms with van der Waals surface area (Å²) in [6, 6.07) is 8.66. The first kappa shape index (κ1) is 12.5. The van der Waals surface area contributed by atoms with Crippen molar-refractivity contribution in [2.75, 3.05) is 0 Å². The quantitative estimate of drug-likeness (QED) is 0.807. The predicted molar refractivity (Wildman–Crippen MR) is 65.7 cm³/mol. The van der Waals surface area contributed by atoms with E-state index in [1.54, 1.807) is 0 Å². The molecular formula is C14H15NO3. The lowest BCUT2D eigenvalue weighted by Crippen LogP contribution is -2.42. The summed E-state index contributed by atoms with van der Waals surface area (Å²) in [6.45, 7) is 1.42. The minimum absolute atomic E-state index is 0.123. The van der Waals surface area contributed by atoms with E-state index in [2.05, 4.69) is 0 Å². The maximum absolute atomic E-state index is 12.1. The molecule has 0 spiro atoms.